The van der Waals surface area contributed by atoms with Crippen LogP contribution in [0.3, 0.4) is 0 Å². The number of aliphatic imine (C=N–C) groups is 1. The van der Waals surface area contributed by atoms with Gasteiger partial charge in [-0.05, 0) is 141 Å². The number of carboxylic acids is 1. The Morgan fingerprint density at radius 3 is 1.29 bits per heavy atom. The Hall–Kier alpha value is -10.4. The number of primary amides is 1. The maximum Gasteiger partial charge on any atom is 0.326 e. The van der Waals surface area contributed by atoms with Crippen LogP contribution in [0.4, 0.5) is 0 Å². The summed E-state index contributed by atoms with van der Waals surface area (Å²) in [6, 6.07) is -20.3. The number of carbonyl (C=O) groups excluding carboxylic acids is 16. The van der Waals surface area contributed by atoms with Gasteiger partial charge in [0.25, 0.3) is 0 Å². The minimum absolute atomic E-state index is 0.0830. The Kier molecular flexibility index (Phi) is 49.4. The van der Waals surface area contributed by atoms with E-state index >= 15 is 0 Å². The molecule has 16 amide bonds. The second kappa shape index (κ2) is 55.8. The van der Waals surface area contributed by atoms with Crippen molar-refractivity contribution in [3.63, 3.8) is 0 Å². The van der Waals surface area contributed by atoms with Gasteiger partial charge in [0.1, 0.15) is 96.4 Å². The van der Waals surface area contributed by atoms with Crippen LogP contribution >= 0.6 is 25.3 Å². The second-order valence-corrected chi connectivity index (χ2v) is 32.5. The molecule has 1 saturated heterocycles. The van der Waals surface area contributed by atoms with Crippen LogP contribution in [-0.4, -0.2) is 320 Å². The highest BCUT2D eigenvalue weighted by Gasteiger charge is 2.45. The third-order valence-electron chi connectivity index (χ3n) is 20.0. The van der Waals surface area contributed by atoms with Crippen molar-refractivity contribution in [1.82, 2.24) is 79.3 Å². The van der Waals surface area contributed by atoms with Gasteiger partial charge < -0.3 is 162 Å². The van der Waals surface area contributed by atoms with Gasteiger partial charge in [-0.25, -0.2) is 4.79 Å². The zero-order valence-electron chi connectivity index (χ0n) is 71.2. The Bertz CT molecular complexity index is 3810. The molecule has 0 unspecified atom stereocenters. The Balaban J connectivity index is 2.40. The molecule has 0 bridgehead atoms. The van der Waals surface area contributed by atoms with Gasteiger partial charge >= 0.3 is 5.97 Å². The summed E-state index contributed by atoms with van der Waals surface area (Å²) in [6.45, 7) is 6.78. The summed E-state index contributed by atoms with van der Waals surface area (Å²) < 4.78 is -1.49. The molecule has 38 N–H and O–H groups in total. The third kappa shape index (κ3) is 37.7. The minimum atomic E-state index is -2.06. The molecule has 1 aromatic carbocycles. The average molecular weight is 1820 g/mol. The van der Waals surface area contributed by atoms with E-state index in [1.807, 2.05) is 0 Å². The number of unbranched alkanes of at least 4 members (excludes halogenated alkanes) is 1. The van der Waals surface area contributed by atoms with Crippen molar-refractivity contribution in [3.05, 3.63) is 29.8 Å². The minimum Gasteiger partial charge on any atom is -0.508 e. The monoisotopic (exact) mass is 1810 g/mol. The summed E-state index contributed by atoms with van der Waals surface area (Å²) in [5, 5.41) is 95.3. The number of nitrogens with two attached hydrogens (primary N) is 9. The molecule has 125 heavy (non-hydrogen) atoms. The highest BCUT2D eigenvalue weighted by molar-refractivity contribution is 7.81. The number of nitrogens with zero attached hydrogens (tertiary/aromatic N) is 2. The first kappa shape index (κ1) is 111. The molecule has 0 spiro atoms. The third-order valence-corrected chi connectivity index (χ3v) is 20.6. The molecule has 2 rings (SSSR count). The van der Waals surface area contributed by atoms with Crippen LogP contribution in [0, 0.1) is 11.8 Å². The van der Waals surface area contributed by atoms with E-state index in [0.717, 1.165) is 11.8 Å². The fraction of sp³-hybridized carbons (Fsp3) is 0.680. The lowest BCUT2D eigenvalue weighted by molar-refractivity contribution is -0.142. The number of hydrogen-bond donors (Lipinski definition) is 31. The van der Waals surface area contributed by atoms with Crippen LogP contribution < -0.4 is 126 Å². The molecule has 1 aromatic rings. The van der Waals surface area contributed by atoms with Gasteiger partial charge in [-0.15, -0.1) is 0 Å². The molecular formula is C75H131N25O23S2. The number of aliphatic hydroxyl groups is 4. The summed E-state index contributed by atoms with van der Waals surface area (Å²) in [6.07, 6.45) is -5.40. The molecule has 1 aliphatic rings. The molecule has 0 aliphatic carbocycles. The van der Waals surface area contributed by atoms with Crippen LogP contribution in [0.2, 0.25) is 0 Å². The molecule has 0 saturated carbocycles. The zero-order valence-corrected chi connectivity index (χ0v) is 73.0. The maximum atomic E-state index is 14.4. The SMILES string of the molecule is CC[C@H](C)[C@H](NC(=O)[C@@H]1C[C@@H](O)CN1C(=O)[C@@H](N)C(C)C)C(=O)N[C@H](C(=O)N[C@@H](CO)C(=O)N[C@@H](CO)C(=O)N[C@@H](CC(N)=O)C(=O)N[C@@H](CCCN=C(N)N)C(=O)N[C@@H](CCN)C(=O)N[C@H](C(=O)N[C@H](CCN)C(=O)N[C@@H](CCCCN)C(=O)N[C@@H](CCN)C(=O)N[C@@H](CCN)C(=O)N[C@@H](CS)C(=O)N[C@@H](Cc1ccc(O)cc1)C(=O)O)[C@@H](C)O)C(C)(C)S. The van der Waals surface area contributed by atoms with Crippen molar-refractivity contribution in [1.29, 1.82) is 0 Å². The average Bonchev–Trinajstić information content (AvgIpc) is 1.70. The number of aliphatic hydroxyl groups excluding tert-OH is 4. The van der Waals surface area contributed by atoms with Gasteiger partial charge in [-0.1, -0.05) is 46.2 Å². The quantitative estimate of drug-likeness (QED) is 0.0125. The molecule has 0 radical (unpaired) electrons. The second-order valence-electron chi connectivity index (χ2n) is 31.0. The number of guanidine groups is 1. The molecule has 19 atom stereocenters. The first-order chi connectivity index (χ1) is 58.7. The Morgan fingerprint density at radius 2 is 0.888 bits per heavy atom. The number of thiol groups is 2. The number of nitrogens with one attached hydrogen (secondary N) is 14. The maximum absolute atomic E-state index is 14.4. The number of aromatic hydroxyl groups is 1. The van der Waals surface area contributed by atoms with E-state index in [4.69, 9.17) is 51.6 Å². The lowest BCUT2D eigenvalue weighted by Gasteiger charge is -2.34. The number of rotatable bonds is 58. The molecule has 50 heteroatoms. The number of phenolic OH excluding ortho intramolecular Hbond substituents is 1. The smallest absolute Gasteiger partial charge is 0.326 e. The number of benzene rings is 1. The normalized spacial score (nSPS) is 17.3. The molecule has 1 heterocycles. The van der Waals surface area contributed by atoms with Crippen LogP contribution in [0.1, 0.15) is 131 Å². The van der Waals surface area contributed by atoms with Gasteiger partial charge in [0.15, 0.2) is 5.96 Å². The summed E-state index contributed by atoms with van der Waals surface area (Å²) >= 11 is 8.66. The molecule has 706 valence electrons. The highest BCUT2D eigenvalue weighted by Crippen LogP contribution is 2.24. The van der Waals surface area contributed by atoms with E-state index in [1.54, 1.807) is 27.7 Å². The van der Waals surface area contributed by atoms with Crippen molar-refractivity contribution < 1.29 is 112 Å². The number of amides is 16. The number of β-amino-alcohol motifs (C(OH)–C–C–N with tert-alkyl or cyclic N) is 1. The van der Waals surface area contributed by atoms with E-state index in [9.17, 15) is 112 Å². The molecule has 48 nitrogen and oxygen atoms in total. The Labute approximate surface area is 734 Å². The van der Waals surface area contributed by atoms with Crippen LogP contribution in [0.15, 0.2) is 29.3 Å². The van der Waals surface area contributed by atoms with E-state index in [0.29, 0.717) is 12.0 Å². The summed E-state index contributed by atoms with van der Waals surface area (Å²) in [7, 11) is 0. The van der Waals surface area contributed by atoms with Crippen molar-refractivity contribution in [2.45, 2.75) is 246 Å². The van der Waals surface area contributed by atoms with Crippen LogP contribution in [0.25, 0.3) is 0 Å². The number of phenols is 1. The van der Waals surface area contributed by atoms with Gasteiger partial charge in [0, 0.05) is 36.4 Å². The summed E-state index contributed by atoms with van der Waals surface area (Å²) in [5.74, 6) is -20.5. The van der Waals surface area contributed by atoms with Crippen molar-refractivity contribution in [2.75, 3.05) is 64.8 Å². The van der Waals surface area contributed by atoms with Gasteiger partial charge in [0.05, 0.1) is 37.9 Å². The standard InChI is InChI=1S/C75H131N25O23S2/c1-8-36(4)55(97-68(117)52-29-40(105)31-100(52)72(121)54(82)35(2)3)69(118)99-57(75(6,7)125)71(120)95-50(33-102)66(115)94-49(32-101)65(114)92-47(30-53(81)106)64(113)87-42(13-11-27-85-74(83)84)59(108)90-46(21-26-80)63(112)98-56(37(5)103)70(119)91-45(20-25-79)61(110)86-41(12-9-10-22-76)58(107)88-43(18-23-77)60(109)89-44(19-24-78)62(111)96-51(34-124)67(116)93-48(73(122)123)28-38-14-16-39(104)17-15-38/h14-17,35-37,40-52,54-57,101-105,124-125H,8-13,18-34,76-80,82H2,1-7H3,(H2,81,106)(H,86,110)(H,87,113)(H,88,107)(H,89,109)(H,90,108)(H,91,119)(H,92,114)(H,93,116)(H,94,115)(H,95,120)(H,96,111)(H,97,117)(H,98,112)(H,99,118)(H,122,123)(H4,83,84,85)/t36-,37+,40+,41-,42-,43-,44-,45+,46-,47-,48-,49-,50-,51-,52-,54-,55-,56-,57+/m0/s1. The van der Waals surface area contributed by atoms with Crippen molar-refractivity contribution in [3.8, 4) is 5.75 Å². The predicted molar refractivity (Wildman–Crippen MR) is 459 cm³/mol. The number of aliphatic carboxylic acids is 1. The summed E-state index contributed by atoms with van der Waals surface area (Å²) in [4.78, 5) is 240. The topological polar surface area (TPSA) is 830 Å². The zero-order chi connectivity index (χ0) is 94.9. The van der Waals surface area contributed by atoms with Crippen molar-refractivity contribution >= 4 is 132 Å². The highest BCUT2D eigenvalue weighted by atomic mass is 32.1. The van der Waals surface area contributed by atoms with Gasteiger partial charge in [-0.2, -0.15) is 25.3 Å². The first-order valence-corrected chi connectivity index (χ1v) is 41.9. The number of carbonyl (C=O) groups is 17. The lowest BCUT2D eigenvalue weighted by Crippen LogP contribution is -2.64. The Morgan fingerprint density at radius 1 is 0.504 bits per heavy atom. The molecule has 1 fully saturated rings. The fourth-order valence-electron chi connectivity index (χ4n) is 12.5. The van der Waals surface area contributed by atoms with Crippen LogP contribution in [-0.2, 0) is 87.9 Å². The lowest BCUT2D eigenvalue weighted by atomic mass is 9.95. The van der Waals surface area contributed by atoms with Crippen molar-refractivity contribution in [2.24, 2.45) is 68.4 Å². The van der Waals surface area contributed by atoms with Gasteiger partial charge in [-0.3, -0.25) is 81.7 Å². The van der Waals surface area contributed by atoms with E-state index < -0.39 is 246 Å². The first-order valence-electron chi connectivity index (χ1n) is 40.8. The predicted octanol–water partition coefficient (Wildman–Crippen LogP) is -12.7. The molecule has 0 aromatic heterocycles. The van der Waals surface area contributed by atoms with E-state index in [1.165, 1.54) is 38.1 Å². The summed E-state index contributed by atoms with van der Waals surface area (Å²) in [5.41, 5.74) is 52.3. The van der Waals surface area contributed by atoms with Crippen LogP contribution in [0.5, 0.6) is 5.75 Å². The van der Waals surface area contributed by atoms with E-state index in [2.05, 4.69) is 105 Å². The molecular weight excluding hydrogens is 1680 g/mol. The largest absolute Gasteiger partial charge is 0.508 e. The fourth-order valence-corrected chi connectivity index (χ4v) is 12.9. The molecule has 1 aliphatic heterocycles. The number of hydrogen-bond acceptors (Lipinski definition) is 31. The van der Waals surface area contributed by atoms with Gasteiger partial charge in [0.2, 0.25) is 94.5 Å². The number of likely N-dealkylation sites (tertiary alicyclic amines) is 1. The van der Waals surface area contributed by atoms with E-state index in [-0.39, 0.29) is 133 Å². The number of carboxylic acid groups (broad SMARTS) is 1.